The molecule has 0 aromatic carbocycles. The average molecular weight is 849 g/mol. The Labute approximate surface area is 381 Å². The number of carbonyl (C=O) groups is 2. The third-order valence-electron chi connectivity index (χ3n) is 12.5. The van der Waals surface area contributed by atoms with E-state index in [0.29, 0.717) is 6.54 Å². The maximum atomic E-state index is 14.1. The van der Waals surface area contributed by atoms with Crippen LogP contribution >= 0.6 is 0 Å². The summed E-state index contributed by atoms with van der Waals surface area (Å²) in [6.07, 6.45) is 71.6. The van der Waals surface area contributed by atoms with Crippen molar-refractivity contribution in [1.82, 2.24) is 5.32 Å². The van der Waals surface area contributed by atoms with Gasteiger partial charge in [0, 0.05) is 18.4 Å². The minimum Gasteiger partial charge on any atom is -0.370 e. The van der Waals surface area contributed by atoms with Crippen molar-refractivity contribution < 1.29 is 9.59 Å². The molecule has 0 rings (SSSR count). The van der Waals surface area contributed by atoms with Gasteiger partial charge in [-0.3, -0.25) is 9.59 Å². The highest BCUT2D eigenvalue weighted by atomic mass is 16.2. The highest BCUT2D eigenvalue weighted by Crippen LogP contribution is 2.38. The van der Waals surface area contributed by atoms with Crippen molar-refractivity contribution in [2.45, 2.75) is 278 Å². The zero-order valence-corrected chi connectivity index (χ0v) is 41.2. The number of nitrogens with one attached hydrogen (secondary N) is 1. The van der Waals surface area contributed by atoms with Gasteiger partial charge >= 0.3 is 0 Å². The zero-order valence-electron chi connectivity index (χ0n) is 41.2. The number of hydrogen-bond acceptors (Lipinski definition) is 2. The van der Waals surface area contributed by atoms with Crippen LogP contribution in [0.15, 0.2) is 60.8 Å². The Morgan fingerprint density at radius 1 is 0.377 bits per heavy atom. The van der Waals surface area contributed by atoms with Gasteiger partial charge in [0.1, 0.15) is 0 Å². The number of hydrogen-bond donors (Lipinski definition) is 2. The minimum absolute atomic E-state index is 0.177. The van der Waals surface area contributed by atoms with Crippen molar-refractivity contribution in [2.24, 2.45) is 11.1 Å². The van der Waals surface area contributed by atoms with Crippen LogP contribution in [0.3, 0.4) is 0 Å². The quantitative estimate of drug-likeness (QED) is 0.0473. The van der Waals surface area contributed by atoms with Gasteiger partial charge in [0.25, 0.3) is 0 Å². The van der Waals surface area contributed by atoms with E-state index in [1.807, 2.05) is 0 Å². The van der Waals surface area contributed by atoms with E-state index in [1.165, 1.54) is 199 Å². The van der Waals surface area contributed by atoms with E-state index in [9.17, 15) is 9.59 Å². The molecule has 0 aromatic heterocycles. The Morgan fingerprint density at radius 3 is 0.967 bits per heavy atom. The molecule has 0 heterocycles. The Balaban J connectivity index is 4.98. The molecule has 0 spiro atoms. The lowest BCUT2D eigenvalue weighted by atomic mass is 9.73. The summed E-state index contributed by atoms with van der Waals surface area (Å²) in [6, 6.07) is 0. The molecule has 0 saturated heterocycles. The second kappa shape index (κ2) is 48.7. The molecule has 4 heteroatoms. The monoisotopic (exact) mass is 849 g/mol. The Bertz CT molecular complexity index is 1040. The molecule has 2 amide bonds. The number of nitrogens with two attached hydrogens (primary N) is 1. The summed E-state index contributed by atoms with van der Waals surface area (Å²) in [4.78, 5) is 25.7. The maximum Gasteiger partial charge on any atom is 0.226 e. The molecule has 0 bridgehead atoms. The number of unbranched alkanes of at least 4 members (excludes halogenated alkanes) is 28. The van der Waals surface area contributed by atoms with Crippen LogP contribution in [0.5, 0.6) is 0 Å². The SMILES string of the molecule is CCCCC/C=C\C/C=C\CCCCCCCCC(CCCCCC/C=C\CCCCCCCC)(CCCCCCCC/C=C\C/C=C\CCCCC)C(=O)NCCC(N)=O. The van der Waals surface area contributed by atoms with Gasteiger partial charge < -0.3 is 11.1 Å². The van der Waals surface area contributed by atoms with Gasteiger partial charge in [0.05, 0.1) is 0 Å². The molecule has 354 valence electrons. The van der Waals surface area contributed by atoms with E-state index in [-0.39, 0.29) is 23.7 Å². The van der Waals surface area contributed by atoms with Crippen molar-refractivity contribution in [3.63, 3.8) is 0 Å². The number of amides is 2. The fourth-order valence-corrected chi connectivity index (χ4v) is 8.46. The molecule has 0 aromatic rings. The molecule has 0 unspecified atom stereocenters. The molecule has 4 nitrogen and oxygen atoms in total. The first-order valence-electron chi connectivity index (χ1n) is 26.8. The third kappa shape index (κ3) is 42.7. The van der Waals surface area contributed by atoms with Gasteiger partial charge in [-0.15, -0.1) is 0 Å². The van der Waals surface area contributed by atoms with Crippen LogP contribution < -0.4 is 11.1 Å². The number of carbonyl (C=O) groups excluding carboxylic acids is 2. The standard InChI is InChI=1S/C57H104N2O2/c1-4-7-10-13-16-19-22-25-28-30-33-36-39-42-45-48-52-57(56(61)59-54-50-55(58)60,51-47-44-41-38-35-32-27-24-21-18-15-12-9-6-3)53-49-46-43-40-37-34-31-29-26-23-20-17-14-11-8-5-2/h16-17,19-20,25-29,32H,4-15,18,21-24,30-31,33-54H2,1-3H3,(H2,58,60)(H,59,61)/b19-16-,20-17-,28-25-,29-26-,32-27-. The lowest BCUT2D eigenvalue weighted by Crippen LogP contribution is -2.42. The summed E-state index contributed by atoms with van der Waals surface area (Å²) in [6.45, 7) is 7.16. The van der Waals surface area contributed by atoms with Gasteiger partial charge in [0.2, 0.25) is 11.8 Å². The first-order chi connectivity index (χ1) is 30.0. The van der Waals surface area contributed by atoms with E-state index >= 15 is 0 Å². The maximum absolute atomic E-state index is 14.1. The van der Waals surface area contributed by atoms with Crippen molar-refractivity contribution in [1.29, 1.82) is 0 Å². The second-order valence-corrected chi connectivity index (χ2v) is 18.4. The first kappa shape index (κ1) is 58.6. The number of rotatable bonds is 48. The van der Waals surface area contributed by atoms with Crippen LogP contribution in [-0.2, 0) is 9.59 Å². The molecule has 61 heavy (non-hydrogen) atoms. The fraction of sp³-hybridized carbons (Fsp3) is 0.789. The summed E-state index contributed by atoms with van der Waals surface area (Å²) in [5.74, 6) is -0.168. The zero-order chi connectivity index (χ0) is 44.4. The summed E-state index contributed by atoms with van der Waals surface area (Å²) in [7, 11) is 0. The minimum atomic E-state index is -0.345. The van der Waals surface area contributed by atoms with Crippen molar-refractivity contribution >= 4 is 11.8 Å². The van der Waals surface area contributed by atoms with Crippen molar-refractivity contribution in [3.05, 3.63) is 60.8 Å². The molecule has 0 radical (unpaired) electrons. The normalized spacial score (nSPS) is 12.4. The lowest BCUT2D eigenvalue weighted by molar-refractivity contribution is -0.132. The molecular formula is C57H104N2O2. The van der Waals surface area contributed by atoms with E-state index < -0.39 is 0 Å². The second-order valence-electron chi connectivity index (χ2n) is 18.4. The van der Waals surface area contributed by atoms with Crippen LogP contribution in [-0.4, -0.2) is 18.4 Å². The molecule has 0 fully saturated rings. The molecular weight excluding hydrogens is 745 g/mol. The van der Waals surface area contributed by atoms with Crippen LogP contribution in [0.25, 0.3) is 0 Å². The first-order valence-corrected chi connectivity index (χ1v) is 26.8. The molecule has 3 N–H and O–H groups in total. The number of primary amides is 1. The van der Waals surface area contributed by atoms with Crippen LogP contribution in [0.2, 0.25) is 0 Å². The average Bonchev–Trinajstić information content (AvgIpc) is 3.25. The Hall–Kier alpha value is -2.36. The van der Waals surface area contributed by atoms with E-state index in [1.54, 1.807) is 0 Å². The highest BCUT2D eigenvalue weighted by Gasteiger charge is 2.36. The third-order valence-corrected chi connectivity index (χ3v) is 12.5. The van der Waals surface area contributed by atoms with Crippen molar-refractivity contribution in [2.75, 3.05) is 6.54 Å². The summed E-state index contributed by atoms with van der Waals surface area (Å²) in [5.41, 5.74) is 5.15. The summed E-state index contributed by atoms with van der Waals surface area (Å²) in [5, 5.41) is 3.19. The molecule has 0 aliphatic rings. The molecule has 0 atom stereocenters. The Kier molecular flexibility index (Phi) is 46.8. The van der Waals surface area contributed by atoms with Crippen LogP contribution in [0, 0.1) is 5.41 Å². The molecule has 0 saturated carbocycles. The molecule has 0 aliphatic carbocycles. The van der Waals surface area contributed by atoms with Gasteiger partial charge in [-0.1, -0.05) is 223 Å². The fourth-order valence-electron chi connectivity index (χ4n) is 8.46. The Morgan fingerprint density at radius 2 is 0.639 bits per heavy atom. The van der Waals surface area contributed by atoms with Crippen LogP contribution in [0.4, 0.5) is 0 Å². The summed E-state index contributed by atoms with van der Waals surface area (Å²) >= 11 is 0. The largest absolute Gasteiger partial charge is 0.370 e. The van der Waals surface area contributed by atoms with Gasteiger partial charge in [0.15, 0.2) is 0 Å². The predicted octanol–water partition coefficient (Wildman–Crippen LogP) is 18.0. The topological polar surface area (TPSA) is 72.2 Å². The summed E-state index contributed by atoms with van der Waals surface area (Å²) < 4.78 is 0. The van der Waals surface area contributed by atoms with E-state index in [2.05, 4.69) is 86.8 Å². The molecule has 0 aliphatic heterocycles. The highest BCUT2D eigenvalue weighted by molar-refractivity contribution is 5.83. The predicted molar refractivity (Wildman–Crippen MR) is 272 cm³/mol. The van der Waals surface area contributed by atoms with E-state index in [0.717, 1.165) is 51.4 Å². The van der Waals surface area contributed by atoms with Crippen molar-refractivity contribution in [3.8, 4) is 0 Å². The number of allylic oxidation sites excluding steroid dienone is 10. The van der Waals surface area contributed by atoms with Gasteiger partial charge in [-0.25, -0.2) is 0 Å². The van der Waals surface area contributed by atoms with E-state index in [4.69, 9.17) is 5.73 Å². The lowest BCUT2D eigenvalue weighted by Gasteiger charge is -2.33. The smallest absolute Gasteiger partial charge is 0.226 e. The van der Waals surface area contributed by atoms with Crippen LogP contribution in [0.1, 0.15) is 278 Å². The van der Waals surface area contributed by atoms with Gasteiger partial charge in [-0.05, 0) is 109 Å². The van der Waals surface area contributed by atoms with Gasteiger partial charge in [-0.2, -0.15) is 0 Å².